The first-order chi connectivity index (χ1) is 10.7. The second-order valence-electron chi connectivity index (χ2n) is 5.35. The average Bonchev–Trinajstić information content (AvgIpc) is 3.09. The molecule has 0 amide bonds. The van der Waals surface area contributed by atoms with Gasteiger partial charge in [-0.25, -0.2) is 4.98 Å². The molecule has 4 rings (SSSR count). The van der Waals surface area contributed by atoms with Crippen LogP contribution in [0.4, 0.5) is 0 Å². The molecule has 0 atom stereocenters. The molecule has 3 heterocycles. The Labute approximate surface area is 130 Å². The van der Waals surface area contributed by atoms with E-state index in [1.54, 1.807) is 6.20 Å². The van der Waals surface area contributed by atoms with Crippen molar-refractivity contribution in [3.8, 4) is 5.82 Å². The number of fused-ring (bicyclic) bond motifs is 3. The molecule has 5 nitrogen and oxygen atoms in total. The third kappa shape index (κ3) is 1.75. The number of nitrogens with zero attached hydrogens (tertiary/aromatic N) is 3. The molecule has 1 aliphatic rings. The summed E-state index contributed by atoms with van der Waals surface area (Å²) in [7, 11) is 0. The number of hydrogen-bond donors (Lipinski definition) is 0. The van der Waals surface area contributed by atoms with E-state index in [-0.39, 0.29) is 22.0 Å². The first kappa shape index (κ1) is 13.3. The van der Waals surface area contributed by atoms with Gasteiger partial charge in [0, 0.05) is 24.3 Å². The maximum absolute atomic E-state index is 12.8. The zero-order chi connectivity index (χ0) is 15.3. The molecular formula is C16H12ClN3O2. The fourth-order valence-electron chi connectivity index (χ4n) is 3.13. The molecule has 110 valence electrons. The third-order valence-corrected chi connectivity index (χ3v) is 4.49. The van der Waals surface area contributed by atoms with Gasteiger partial charge in [-0.2, -0.15) is 0 Å². The quantitative estimate of drug-likeness (QED) is 0.683. The summed E-state index contributed by atoms with van der Waals surface area (Å²) in [6.45, 7) is 0. The highest BCUT2D eigenvalue weighted by atomic mass is 35.5. The topological polar surface area (TPSA) is 56.4 Å². The maximum atomic E-state index is 12.8. The van der Waals surface area contributed by atoms with Crippen LogP contribution in [0.2, 0.25) is 5.02 Å². The summed E-state index contributed by atoms with van der Waals surface area (Å²) < 4.78 is 3.31. The van der Waals surface area contributed by atoms with E-state index in [0.29, 0.717) is 11.8 Å². The summed E-state index contributed by atoms with van der Waals surface area (Å²) in [4.78, 5) is 28.2. The normalized spacial score (nSPS) is 13.5. The number of aromatic nitrogens is 3. The van der Waals surface area contributed by atoms with E-state index in [9.17, 15) is 9.59 Å². The lowest BCUT2D eigenvalue weighted by Gasteiger charge is -2.09. The molecule has 0 aliphatic heterocycles. The molecule has 22 heavy (non-hydrogen) atoms. The predicted molar refractivity (Wildman–Crippen MR) is 83.2 cm³/mol. The van der Waals surface area contributed by atoms with Crippen molar-refractivity contribution < 1.29 is 4.79 Å². The van der Waals surface area contributed by atoms with Gasteiger partial charge in [0.1, 0.15) is 5.52 Å². The van der Waals surface area contributed by atoms with Crippen molar-refractivity contribution in [2.45, 2.75) is 19.3 Å². The van der Waals surface area contributed by atoms with Gasteiger partial charge in [-0.05, 0) is 37.0 Å². The van der Waals surface area contributed by atoms with Crippen LogP contribution < -0.4 is 5.56 Å². The molecule has 0 saturated carbocycles. The molecule has 0 N–H and O–H groups in total. The molecule has 0 unspecified atom stereocenters. The molecule has 0 spiro atoms. The van der Waals surface area contributed by atoms with Crippen LogP contribution in [-0.4, -0.2) is 20.2 Å². The zero-order valence-electron chi connectivity index (χ0n) is 11.6. The van der Waals surface area contributed by atoms with Gasteiger partial charge in [-0.3, -0.25) is 14.2 Å². The second kappa shape index (κ2) is 4.81. The van der Waals surface area contributed by atoms with E-state index >= 15 is 0 Å². The van der Waals surface area contributed by atoms with Crippen molar-refractivity contribution in [3.05, 3.63) is 62.9 Å². The molecule has 0 bridgehead atoms. The van der Waals surface area contributed by atoms with Crippen LogP contribution in [0.25, 0.3) is 11.3 Å². The van der Waals surface area contributed by atoms with Crippen molar-refractivity contribution in [3.63, 3.8) is 0 Å². The Bertz CT molecular complexity index is 971. The number of carbonyl (C=O) groups excluding carboxylic acids is 1. The zero-order valence-corrected chi connectivity index (χ0v) is 12.4. The summed E-state index contributed by atoms with van der Waals surface area (Å²) in [6, 6.07) is 3.47. The monoisotopic (exact) mass is 313 g/mol. The number of pyridine rings is 1. The Balaban J connectivity index is 2.02. The Morgan fingerprint density at radius 1 is 1.27 bits per heavy atom. The van der Waals surface area contributed by atoms with Crippen LogP contribution >= 0.6 is 11.6 Å². The summed E-state index contributed by atoms with van der Waals surface area (Å²) in [5.74, 6) is 0.261. The van der Waals surface area contributed by atoms with Crippen LogP contribution in [0, 0.1) is 0 Å². The highest BCUT2D eigenvalue weighted by Crippen LogP contribution is 2.25. The Morgan fingerprint density at radius 3 is 2.95 bits per heavy atom. The molecule has 0 radical (unpaired) electrons. The van der Waals surface area contributed by atoms with Gasteiger partial charge in [0.05, 0.1) is 10.6 Å². The van der Waals surface area contributed by atoms with Gasteiger partial charge in [0.2, 0.25) is 0 Å². The number of hydrogen-bond acceptors (Lipinski definition) is 3. The van der Waals surface area contributed by atoms with Crippen molar-refractivity contribution in [2.24, 2.45) is 0 Å². The number of carbonyl (C=O) groups is 1. The van der Waals surface area contributed by atoms with Crippen molar-refractivity contribution >= 4 is 23.4 Å². The van der Waals surface area contributed by atoms with Crippen LogP contribution in [0.15, 0.2) is 35.5 Å². The van der Waals surface area contributed by atoms with Crippen molar-refractivity contribution in [1.29, 1.82) is 0 Å². The predicted octanol–water partition coefficient (Wildman–Crippen LogP) is 2.44. The van der Waals surface area contributed by atoms with E-state index in [4.69, 9.17) is 11.6 Å². The van der Waals surface area contributed by atoms with E-state index < -0.39 is 0 Å². The molecule has 3 aromatic rings. The fraction of sp³-hybridized carbons (Fsp3) is 0.188. The Kier molecular flexibility index (Phi) is 2.90. The van der Waals surface area contributed by atoms with E-state index in [2.05, 4.69) is 4.98 Å². The minimum Gasteiger partial charge on any atom is -0.314 e. The molecule has 0 aromatic carbocycles. The first-order valence-corrected chi connectivity index (χ1v) is 7.43. The third-order valence-electron chi connectivity index (χ3n) is 4.16. The lowest BCUT2D eigenvalue weighted by atomic mass is 10.2. The SMILES string of the molecule is O=Cc1c(Cl)ccnc1-n1ccn2c3c(cc2c1=O)CCC3. The lowest BCUT2D eigenvalue weighted by molar-refractivity contribution is 0.112. The van der Waals surface area contributed by atoms with Gasteiger partial charge in [0.25, 0.3) is 5.56 Å². The lowest BCUT2D eigenvalue weighted by Crippen LogP contribution is -2.22. The highest BCUT2D eigenvalue weighted by Gasteiger charge is 2.19. The molecular weight excluding hydrogens is 302 g/mol. The standard InChI is InChI=1S/C16H12ClN3O2/c17-12-4-5-18-15(11(12)9-21)20-7-6-19-13-3-1-2-10(13)8-14(19)16(20)22/h4-9H,1-3H2. The van der Waals surface area contributed by atoms with Gasteiger partial charge in [0.15, 0.2) is 12.1 Å². The van der Waals surface area contributed by atoms with Crippen molar-refractivity contribution in [1.82, 2.24) is 14.0 Å². The van der Waals surface area contributed by atoms with Crippen LogP contribution in [0.3, 0.4) is 0 Å². The van der Waals surface area contributed by atoms with Gasteiger partial charge >= 0.3 is 0 Å². The van der Waals surface area contributed by atoms with Gasteiger partial charge in [-0.1, -0.05) is 11.6 Å². The van der Waals surface area contributed by atoms with Crippen LogP contribution in [0.5, 0.6) is 0 Å². The Morgan fingerprint density at radius 2 is 2.14 bits per heavy atom. The highest BCUT2D eigenvalue weighted by molar-refractivity contribution is 6.33. The van der Waals surface area contributed by atoms with Crippen LogP contribution in [0.1, 0.15) is 28.0 Å². The minimum atomic E-state index is -0.199. The van der Waals surface area contributed by atoms with Crippen molar-refractivity contribution in [2.75, 3.05) is 0 Å². The average molecular weight is 314 g/mol. The summed E-state index contributed by atoms with van der Waals surface area (Å²) in [6.07, 6.45) is 8.71. The van der Waals surface area contributed by atoms with E-state index in [1.807, 2.05) is 16.7 Å². The fourth-order valence-corrected chi connectivity index (χ4v) is 3.31. The maximum Gasteiger partial charge on any atom is 0.280 e. The molecule has 0 saturated heterocycles. The largest absolute Gasteiger partial charge is 0.314 e. The van der Waals surface area contributed by atoms with E-state index in [1.165, 1.54) is 28.1 Å². The molecule has 1 aliphatic carbocycles. The number of rotatable bonds is 2. The number of halogens is 1. The number of aldehydes is 1. The number of aryl methyl sites for hydroxylation is 2. The molecule has 6 heteroatoms. The minimum absolute atomic E-state index is 0.199. The Hall–Kier alpha value is -2.40. The molecule has 0 fully saturated rings. The summed E-state index contributed by atoms with van der Waals surface area (Å²) in [5.41, 5.74) is 3.05. The van der Waals surface area contributed by atoms with Gasteiger partial charge in [-0.15, -0.1) is 0 Å². The van der Waals surface area contributed by atoms with Crippen LogP contribution in [-0.2, 0) is 12.8 Å². The smallest absolute Gasteiger partial charge is 0.280 e. The van der Waals surface area contributed by atoms with E-state index in [0.717, 1.165) is 19.3 Å². The molecule has 3 aromatic heterocycles. The first-order valence-electron chi connectivity index (χ1n) is 7.05. The van der Waals surface area contributed by atoms with Gasteiger partial charge < -0.3 is 4.40 Å². The summed E-state index contributed by atoms with van der Waals surface area (Å²) in [5, 5.41) is 0.282. The summed E-state index contributed by atoms with van der Waals surface area (Å²) >= 11 is 6.02. The second-order valence-corrected chi connectivity index (χ2v) is 5.75.